The number of nitrogens with zero attached hydrogens (tertiary/aromatic N) is 2. The van der Waals surface area contributed by atoms with E-state index in [0.29, 0.717) is 18.1 Å². The van der Waals surface area contributed by atoms with Gasteiger partial charge in [-0.05, 0) is 31.2 Å². The molecule has 0 saturated heterocycles. The number of nitrogens with one attached hydrogen (secondary N) is 1. The number of hydrogen-bond acceptors (Lipinski definition) is 4. The topological polar surface area (TPSA) is 51.0 Å². The first-order chi connectivity index (χ1) is 8.69. The molecule has 0 radical (unpaired) electrons. The molecule has 1 aromatic carbocycles. The molecule has 1 aromatic heterocycles. The SMILES string of the molecule is CCNC(C)c1nc(Cc2ccc(F)cc2)no1. The third kappa shape index (κ3) is 3.13. The molecule has 0 amide bonds. The maximum absolute atomic E-state index is 12.8. The van der Waals surface area contributed by atoms with Crippen LogP contribution < -0.4 is 5.32 Å². The molecule has 1 heterocycles. The van der Waals surface area contributed by atoms with Crippen LogP contribution >= 0.6 is 0 Å². The molecule has 2 rings (SSSR count). The van der Waals surface area contributed by atoms with E-state index in [1.165, 1.54) is 12.1 Å². The zero-order chi connectivity index (χ0) is 13.0. The molecule has 1 atom stereocenters. The van der Waals surface area contributed by atoms with Gasteiger partial charge < -0.3 is 9.84 Å². The highest BCUT2D eigenvalue weighted by Gasteiger charge is 2.13. The summed E-state index contributed by atoms with van der Waals surface area (Å²) in [5, 5.41) is 7.12. The highest BCUT2D eigenvalue weighted by Crippen LogP contribution is 2.12. The molecule has 96 valence electrons. The van der Waals surface area contributed by atoms with Gasteiger partial charge >= 0.3 is 0 Å². The molecule has 0 saturated carbocycles. The Morgan fingerprint density at radius 1 is 1.33 bits per heavy atom. The van der Waals surface area contributed by atoms with E-state index in [2.05, 4.69) is 15.5 Å². The van der Waals surface area contributed by atoms with Crippen molar-refractivity contribution in [2.24, 2.45) is 0 Å². The van der Waals surface area contributed by atoms with E-state index in [9.17, 15) is 4.39 Å². The van der Waals surface area contributed by atoms with E-state index in [0.717, 1.165) is 12.1 Å². The van der Waals surface area contributed by atoms with Gasteiger partial charge in [0.2, 0.25) is 5.89 Å². The van der Waals surface area contributed by atoms with Crippen LogP contribution in [0.3, 0.4) is 0 Å². The minimum Gasteiger partial charge on any atom is -0.338 e. The van der Waals surface area contributed by atoms with Crippen LogP contribution in [0.1, 0.15) is 37.2 Å². The fraction of sp³-hybridized carbons (Fsp3) is 0.385. The van der Waals surface area contributed by atoms with Crippen LogP contribution in [0.2, 0.25) is 0 Å². The van der Waals surface area contributed by atoms with Crippen LogP contribution in [0.4, 0.5) is 4.39 Å². The molecule has 0 aliphatic heterocycles. The summed E-state index contributed by atoms with van der Waals surface area (Å²) in [6, 6.07) is 6.34. The standard InChI is InChI=1S/C13H16FN3O/c1-3-15-9(2)13-16-12(17-18-13)8-10-4-6-11(14)7-5-10/h4-7,9,15H,3,8H2,1-2H3. The fourth-order valence-corrected chi connectivity index (χ4v) is 1.69. The summed E-state index contributed by atoms with van der Waals surface area (Å²) < 4.78 is 17.9. The van der Waals surface area contributed by atoms with Crippen molar-refractivity contribution in [2.75, 3.05) is 6.54 Å². The average molecular weight is 249 g/mol. The second kappa shape index (κ2) is 5.73. The Hall–Kier alpha value is -1.75. The van der Waals surface area contributed by atoms with E-state index < -0.39 is 0 Å². The molecule has 0 fully saturated rings. The number of hydrogen-bond donors (Lipinski definition) is 1. The average Bonchev–Trinajstić information content (AvgIpc) is 2.81. The molecule has 0 bridgehead atoms. The zero-order valence-electron chi connectivity index (χ0n) is 10.5. The Morgan fingerprint density at radius 2 is 2.06 bits per heavy atom. The first-order valence-electron chi connectivity index (χ1n) is 5.99. The van der Waals surface area contributed by atoms with Crippen molar-refractivity contribution < 1.29 is 8.91 Å². The molecule has 1 N–H and O–H groups in total. The molecule has 0 spiro atoms. The van der Waals surface area contributed by atoms with Crippen molar-refractivity contribution >= 4 is 0 Å². The Balaban J connectivity index is 2.04. The predicted molar refractivity (Wildman–Crippen MR) is 65.6 cm³/mol. The van der Waals surface area contributed by atoms with Crippen molar-refractivity contribution in [1.29, 1.82) is 0 Å². The van der Waals surface area contributed by atoms with Gasteiger partial charge in [-0.15, -0.1) is 0 Å². The molecule has 2 aromatic rings. The summed E-state index contributed by atoms with van der Waals surface area (Å²) in [7, 11) is 0. The molecule has 5 heteroatoms. The third-order valence-electron chi connectivity index (χ3n) is 2.64. The third-order valence-corrected chi connectivity index (χ3v) is 2.64. The van der Waals surface area contributed by atoms with Crippen LogP contribution in [0, 0.1) is 5.82 Å². The number of benzene rings is 1. The normalized spacial score (nSPS) is 12.6. The smallest absolute Gasteiger partial charge is 0.243 e. The van der Waals surface area contributed by atoms with Crippen LogP contribution in [-0.2, 0) is 6.42 Å². The van der Waals surface area contributed by atoms with Gasteiger partial charge in [-0.1, -0.05) is 24.2 Å². The van der Waals surface area contributed by atoms with E-state index in [1.54, 1.807) is 12.1 Å². The lowest BCUT2D eigenvalue weighted by molar-refractivity contribution is 0.339. The summed E-state index contributed by atoms with van der Waals surface area (Å²) >= 11 is 0. The molecule has 0 aliphatic rings. The monoisotopic (exact) mass is 249 g/mol. The summed E-state index contributed by atoms with van der Waals surface area (Å²) in [5.41, 5.74) is 0.958. The van der Waals surface area contributed by atoms with Crippen molar-refractivity contribution in [3.63, 3.8) is 0 Å². The maximum atomic E-state index is 12.8. The van der Waals surface area contributed by atoms with Gasteiger partial charge in [-0.3, -0.25) is 0 Å². The molecular formula is C13H16FN3O. The van der Waals surface area contributed by atoms with E-state index in [4.69, 9.17) is 4.52 Å². The van der Waals surface area contributed by atoms with Crippen molar-refractivity contribution in [3.8, 4) is 0 Å². The summed E-state index contributed by atoms with van der Waals surface area (Å²) in [6.07, 6.45) is 0.544. The molecule has 0 aliphatic carbocycles. The van der Waals surface area contributed by atoms with Gasteiger partial charge in [-0.2, -0.15) is 4.98 Å². The van der Waals surface area contributed by atoms with Crippen LogP contribution in [0.25, 0.3) is 0 Å². The van der Waals surface area contributed by atoms with Gasteiger partial charge in [0.1, 0.15) is 5.82 Å². The number of halogens is 1. The Morgan fingerprint density at radius 3 is 2.72 bits per heavy atom. The molecular weight excluding hydrogens is 233 g/mol. The van der Waals surface area contributed by atoms with Crippen LogP contribution in [0.15, 0.2) is 28.8 Å². The molecule has 4 nitrogen and oxygen atoms in total. The lowest BCUT2D eigenvalue weighted by atomic mass is 10.1. The van der Waals surface area contributed by atoms with Gasteiger partial charge in [0.15, 0.2) is 5.82 Å². The summed E-state index contributed by atoms with van der Waals surface area (Å²) in [4.78, 5) is 4.31. The number of aromatic nitrogens is 2. The minimum atomic E-state index is -0.242. The minimum absolute atomic E-state index is 0.0458. The van der Waals surface area contributed by atoms with E-state index in [1.807, 2.05) is 13.8 Å². The Labute approximate surface area is 105 Å². The van der Waals surface area contributed by atoms with Gasteiger partial charge in [0.05, 0.1) is 6.04 Å². The van der Waals surface area contributed by atoms with Crippen molar-refractivity contribution in [1.82, 2.24) is 15.5 Å². The van der Waals surface area contributed by atoms with E-state index in [-0.39, 0.29) is 11.9 Å². The molecule has 1 unspecified atom stereocenters. The second-order valence-electron chi connectivity index (χ2n) is 4.13. The first kappa shape index (κ1) is 12.7. The maximum Gasteiger partial charge on any atom is 0.243 e. The van der Waals surface area contributed by atoms with Crippen LogP contribution in [0.5, 0.6) is 0 Å². The summed E-state index contributed by atoms with van der Waals surface area (Å²) in [5.74, 6) is 0.948. The number of rotatable bonds is 5. The van der Waals surface area contributed by atoms with Gasteiger partial charge in [-0.25, -0.2) is 4.39 Å². The Kier molecular flexibility index (Phi) is 4.04. The van der Waals surface area contributed by atoms with Crippen molar-refractivity contribution in [3.05, 3.63) is 47.4 Å². The highest BCUT2D eigenvalue weighted by atomic mass is 19.1. The van der Waals surface area contributed by atoms with E-state index >= 15 is 0 Å². The van der Waals surface area contributed by atoms with Crippen LogP contribution in [-0.4, -0.2) is 16.7 Å². The van der Waals surface area contributed by atoms with Crippen molar-refractivity contribution in [2.45, 2.75) is 26.3 Å². The lowest BCUT2D eigenvalue weighted by Crippen LogP contribution is -2.17. The lowest BCUT2D eigenvalue weighted by Gasteiger charge is -2.05. The molecule has 18 heavy (non-hydrogen) atoms. The first-order valence-corrected chi connectivity index (χ1v) is 5.99. The van der Waals surface area contributed by atoms with Gasteiger partial charge in [0.25, 0.3) is 0 Å². The highest BCUT2D eigenvalue weighted by molar-refractivity contribution is 5.19. The summed E-state index contributed by atoms with van der Waals surface area (Å²) in [6.45, 7) is 4.84. The Bertz CT molecular complexity index is 495. The quantitative estimate of drug-likeness (QED) is 0.884. The largest absolute Gasteiger partial charge is 0.338 e. The fourth-order valence-electron chi connectivity index (χ4n) is 1.69. The second-order valence-corrected chi connectivity index (χ2v) is 4.13. The predicted octanol–water partition coefficient (Wildman–Crippen LogP) is 2.47. The zero-order valence-corrected chi connectivity index (χ0v) is 10.5. The van der Waals surface area contributed by atoms with Gasteiger partial charge in [0, 0.05) is 6.42 Å².